The van der Waals surface area contributed by atoms with Gasteiger partial charge >= 0.3 is 0 Å². The summed E-state index contributed by atoms with van der Waals surface area (Å²) < 4.78 is 0.821. The second-order valence-corrected chi connectivity index (χ2v) is 6.27. The highest BCUT2D eigenvalue weighted by Crippen LogP contribution is 2.26. The number of primary amides is 1. The van der Waals surface area contributed by atoms with Crippen LogP contribution in [0.4, 0.5) is 5.69 Å². The van der Waals surface area contributed by atoms with Crippen LogP contribution in [-0.2, 0) is 0 Å². The molecule has 0 saturated heterocycles. The molecule has 100 valence electrons. The fraction of sp³-hybridized carbons (Fsp3) is 0.462. The van der Waals surface area contributed by atoms with E-state index in [4.69, 9.17) is 11.5 Å². The molecule has 1 aromatic rings. The van der Waals surface area contributed by atoms with Gasteiger partial charge in [-0.15, -0.1) is 0 Å². The van der Waals surface area contributed by atoms with Gasteiger partial charge in [-0.2, -0.15) is 0 Å². The summed E-state index contributed by atoms with van der Waals surface area (Å²) in [4.78, 5) is 11.4. The van der Waals surface area contributed by atoms with Gasteiger partial charge in [-0.1, -0.05) is 36.7 Å². The molecular weight excluding hydrogens is 294 g/mol. The van der Waals surface area contributed by atoms with Gasteiger partial charge in [0.15, 0.2) is 0 Å². The molecule has 1 rings (SSSR count). The zero-order valence-corrected chi connectivity index (χ0v) is 12.5. The van der Waals surface area contributed by atoms with Gasteiger partial charge in [0.25, 0.3) is 5.91 Å². The van der Waals surface area contributed by atoms with E-state index in [1.165, 1.54) is 0 Å². The number of anilines is 1. The lowest BCUT2D eigenvalue weighted by atomic mass is 9.86. The first-order valence-electron chi connectivity index (χ1n) is 5.81. The van der Waals surface area contributed by atoms with Crippen LogP contribution in [0.5, 0.6) is 0 Å². The molecule has 5 heteroatoms. The van der Waals surface area contributed by atoms with Crippen LogP contribution in [0.15, 0.2) is 22.7 Å². The van der Waals surface area contributed by atoms with E-state index in [9.17, 15) is 4.79 Å². The van der Waals surface area contributed by atoms with Gasteiger partial charge < -0.3 is 16.8 Å². The molecule has 1 amide bonds. The Morgan fingerprint density at radius 2 is 2.06 bits per heavy atom. The molecule has 1 aromatic carbocycles. The Kier molecular flexibility index (Phi) is 4.76. The molecule has 0 saturated carbocycles. The second-order valence-electron chi connectivity index (χ2n) is 5.35. The van der Waals surface area contributed by atoms with Gasteiger partial charge in [0.1, 0.15) is 0 Å². The number of benzene rings is 1. The Morgan fingerprint density at radius 1 is 1.44 bits per heavy atom. The van der Waals surface area contributed by atoms with Crippen LogP contribution < -0.4 is 16.8 Å². The van der Waals surface area contributed by atoms with Crippen molar-refractivity contribution in [3.63, 3.8) is 0 Å². The number of rotatable bonds is 4. The summed E-state index contributed by atoms with van der Waals surface area (Å²) in [5.41, 5.74) is 12.3. The first-order chi connectivity index (χ1) is 8.25. The van der Waals surface area contributed by atoms with Crippen molar-refractivity contribution in [1.29, 1.82) is 0 Å². The summed E-state index contributed by atoms with van der Waals surface area (Å²) in [6, 6.07) is 5.47. The lowest BCUT2D eigenvalue weighted by Crippen LogP contribution is -2.40. The van der Waals surface area contributed by atoms with Crippen LogP contribution in [0.25, 0.3) is 0 Å². The molecule has 18 heavy (non-hydrogen) atoms. The Balaban J connectivity index is 3.07. The molecule has 0 aliphatic rings. The van der Waals surface area contributed by atoms with E-state index in [0.717, 1.165) is 10.2 Å². The average molecular weight is 314 g/mol. The van der Waals surface area contributed by atoms with Crippen LogP contribution in [0, 0.1) is 5.41 Å². The van der Waals surface area contributed by atoms with Crippen molar-refractivity contribution < 1.29 is 4.79 Å². The maximum atomic E-state index is 11.4. The number of nitrogens with two attached hydrogens (primary N) is 2. The molecule has 0 fully saturated rings. The van der Waals surface area contributed by atoms with E-state index in [1.54, 1.807) is 6.07 Å². The molecule has 1 unspecified atom stereocenters. The minimum atomic E-state index is -0.455. The highest BCUT2D eigenvalue weighted by molar-refractivity contribution is 9.10. The second kappa shape index (κ2) is 5.71. The number of nitrogens with one attached hydrogen (secondary N) is 1. The molecule has 0 aromatic heterocycles. The van der Waals surface area contributed by atoms with Gasteiger partial charge in [0.2, 0.25) is 0 Å². The average Bonchev–Trinajstić information content (AvgIpc) is 2.25. The van der Waals surface area contributed by atoms with Crippen LogP contribution >= 0.6 is 15.9 Å². The number of halogens is 1. The molecule has 0 heterocycles. The number of carbonyl (C=O) groups is 1. The summed E-state index contributed by atoms with van der Waals surface area (Å²) in [6.45, 7) is 6.78. The Morgan fingerprint density at radius 3 is 2.50 bits per heavy atom. The highest BCUT2D eigenvalue weighted by atomic mass is 79.9. The third-order valence-electron chi connectivity index (χ3n) is 2.86. The maximum absolute atomic E-state index is 11.4. The summed E-state index contributed by atoms with van der Waals surface area (Å²) >= 11 is 3.33. The molecule has 0 bridgehead atoms. The molecule has 5 N–H and O–H groups in total. The molecule has 0 spiro atoms. The Bertz CT molecular complexity index is 440. The lowest BCUT2D eigenvalue weighted by molar-refractivity contribution is 0.100. The van der Waals surface area contributed by atoms with Crippen molar-refractivity contribution in [1.82, 2.24) is 0 Å². The van der Waals surface area contributed by atoms with E-state index >= 15 is 0 Å². The lowest BCUT2D eigenvalue weighted by Gasteiger charge is -2.31. The number of hydrogen-bond acceptors (Lipinski definition) is 3. The number of amides is 1. The van der Waals surface area contributed by atoms with E-state index in [0.29, 0.717) is 12.1 Å². The first kappa shape index (κ1) is 15.0. The van der Waals surface area contributed by atoms with Crippen molar-refractivity contribution in [3.05, 3.63) is 28.2 Å². The molecular formula is C13H20BrN3O. The SMILES string of the molecule is CC(C)(C)C(CN)Nc1ccc(Br)cc1C(N)=O. The van der Waals surface area contributed by atoms with E-state index in [-0.39, 0.29) is 11.5 Å². The quantitative estimate of drug-likeness (QED) is 0.798. The maximum Gasteiger partial charge on any atom is 0.250 e. The first-order valence-corrected chi connectivity index (χ1v) is 6.61. The van der Waals surface area contributed by atoms with E-state index in [2.05, 4.69) is 42.0 Å². The third kappa shape index (κ3) is 3.71. The standard InChI is InChI=1S/C13H20BrN3O/c1-13(2,3)11(7-15)17-10-5-4-8(14)6-9(10)12(16)18/h4-6,11,17H,7,15H2,1-3H3,(H2,16,18). The number of carbonyl (C=O) groups excluding carboxylic acids is 1. The van der Waals surface area contributed by atoms with Crippen LogP contribution in [0.1, 0.15) is 31.1 Å². The van der Waals surface area contributed by atoms with Crippen molar-refractivity contribution >= 4 is 27.5 Å². The molecule has 1 atom stereocenters. The predicted octanol–water partition coefficient (Wildman–Crippen LogP) is 2.33. The van der Waals surface area contributed by atoms with Crippen molar-refractivity contribution in [2.24, 2.45) is 16.9 Å². The van der Waals surface area contributed by atoms with Gasteiger partial charge in [-0.3, -0.25) is 4.79 Å². The largest absolute Gasteiger partial charge is 0.380 e. The third-order valence-corrected chi connectivity index (χ3v) is 3.35. The molecule has 0 aliphatic heterocycles. The van der Waals surface area contributed by atoms with Gasteiger partial charge in [-0.25, -0.2) is 0 Å². The van der Waals surface area contributed by atoms with Gasteiger partial charge in [-0.05, 0) is 23.6 Å². The van der Waals surface area contributed by atoms with Crippen LogP contribution in [0.3, 0.4) is 0 Å². The zero-order chi connectivity index (χ0) is 13.9. The fourth-order valence-corrected chi connectivity index (χ4v) is 2.02. The minimum absolute atomic E-state index is 0.00323. The van der Waals surface area contributed by atoms with E-state index < -0.39 is 5.91 Å². The normalized spacial score (nSPS) is 13.2. The summed E-state index contributed by atoms with van der Waals surface area (Å²) in [7, 11) is 0. The molecule has 0 radical (unpaired) electrons. The van der Waals surface area contributed by atoms with Crippen LogP contribution in [-0.4, -0.2) is 18.5 Å². The van der Waals surface area contributed by atoms with Gasteiger partial charge in [0.05, 0.1) is 5.56 Å². The minimum Gasteiger partial charge on any atom is -0.380 e. The zero-order valence-electron chi connectivity index (χ0n) is 11.0. The van der Waals surface area contributed by atoms with Crippen LogP contribution in [0.2, 0.25) is 0 Å². The Hall–Kier alpha value is -1.07. The predicted molar refractivity (Wildman–Crippen MR) is 78.6 cm³/mol. The smallest absolute Gasteiger partial charge is 0.250 e. The van der Waals surface area contributed by atoms with Gasteiger partial charge in [0, 0.05) is 22.7 Å². The van der Waals surface area contributed by atoms with E-state index in [1.807, 2.05) is 12.1 Å². The van der Waals surface area contributed by atoms with Crippen molar-refractivity contribution in [2.75, 3.05) is 11.9 Å². The summed E-state index contributed by atoms with van der Waals surface area (Å²) in [5.74, 6) is -0.455. The Labute approximate surface area is 116 Å². The topological polar surface area (TPSA) is 81.1 Å². The van der Waals surface area contributed by atoms with Crippen molar-refractivity contribution in [3.8, 4) is 0 Å². The monoisotopic (exact) mass is 313 g/mol. The summed E-state index contributed by atoms with van der Waals surface area (Å²) in [6.07, 6.45) is 0. The summed E-state index contributed by atoms with van der Waals surface area (Å²) in [5, 5.41) is 3.30. The molecule has 0 aliphatic carbocycles. The van der Waals surface area contributed by atoms with Crippen molar-refractivity contribution in [2.45, 2.75) is 26.8 Å². The molecule has 4 nitrogen and oxygen atoms in total. The fourth-order valence-electron chi connectivity index (χ4n) is 1.66. The highest BCUT2D eigenvalue weighted by Gasteiger charge is 2.24. The number of hydrogen-bond donors (Lipinski definition) is 3.